The summed E-state index contributed by atoms with van der Waals surface area (Å²) in [6, 6.07) is 12.0. The van der Waals surface area contributed by atoms with Gasteiger partial charge in [0.25, 0.3) is 5.91 Å². The molecular formula is C16H17NO3. The van der Waals surface area contributed by atoms with Crippen LogP contribution in [0.2, 0.25) is 0 Å². The zero-order valence-corrected chi connectivity index (χ0v) is 11.5. The smallest absolute Gasteiger partial charge is 0.256 e. The van der Waals surface area contributed by atoms with Gasteiger partial charge in [0, 0.05) is 16.8 Å². The van der Waals surface area contributed by atoms with Crippen LogP contribution >= 0.6 is 0 Å². The number of rotatable bonds is 4. The van der Waals surface area contributed by atoms with Gasteiger partial charge in [0.05, 0.1) is 6.61 Å². The van der Waals surface area contributed by atoms with E-state index in [1.807, 2.05) is 6.92 Å². The molecule has 104 valence electrons. The summed E-state index contributed by atoms with van der Waals surface area (Å²) >= 11 is 0. The van der Waals surface area contributed by atoms with E-state index < -0.39 is 0 Å². The molecule has 0 aliphatic rings. The molecule has 20 heavy (non-hydrogen) atoms. The minimum Gasteiger partial charge on any atom is -0.508 e. The van der Waals surface area contributed by atoms with Crippen LogP contribution in [0.15, 0.2) is 42.5 Å². The Labute approximate surface area is 118 Å². The van der Waals surface area contributed by atoms with Crippen molar-refractivity contribution in [2.24, 2.45) is 0 Å². The standard InChI is InChI=1S/C16H17NO3/c1-3-20-13-9-7-12(8-10-13)17-16(19)14-5-4-6-15(18)11(14)2/h4-10,18H,3H2,1-2H3,(H,17,19). The highest BCUT2D eigenvalue weighted by Crippen LogP contribution is 2.21. The maximum atomic E-state index is 12.1. The minimum atomic E-state index is -0.248. The van der Waals surface area contributed by atoms with E-state index in [-0.39, 0.29) is 11.7 Å². The third kappa shape index (κ3) is 3.09. The fourth-order valence-corrected chi connectivity index (χ4v) is 1.87. The first-order valence-corrected chi connectivity index (χ1v) is 6.44. The number of phenolic OH excluding ortho intramolecular Hbond substituents is 1. The number of aromatic hydroxyl groups is 1. The van der Waals surface area contributed by atoms with Gasteiger partial charge in [0.2, 0.25) is 0 Å². The largest absolute Gasteiger partial charge is 0.508 e. The molecule has 0 aliphatic heterocycles. The van der Waals surface area contributed by atoms with Crippen LogP contribution in [-0.4, -0.2) is 17.6 Å². The van der Waals surface area contributed by atoms with Gasteiger partial charge in [0.15, 0.2) is 0 Å². The van der Waals surface area contributed by atoms with E-state index in [2.05, 4.69) is 5.32 Å². The van der Waals surface area contributed by atoms with Crippen molar-refractivity contribution in [3.8, 4) is 11.5 Å². The normalized spacial score (nSPS) is 10.1. The molecule has 2 aromatic rings. The van der Waals surface area contributed by atoms with Gasteiger partial charge in [-0.05, 0) is 50.2 Å². The van der Waals surface area contributed by atoms with Crippen LogP contribution in [0, 0.1) is 6.92 Å². The lowest BCUT2D eigenvalue weighted by Crippen LogP contribution is -2.13. The number of benzene rings is 2. The predicted molar refractivity (Wildman–Crippen MR) is 78.4 cm³/mol. The first-order chi connectivity index (χ1) is 9.61. The van der Waals surface area contributed by atoms with Crippen LogP contribution in [-0.2, 0) is 0 Å². The number of ether oxygens (including phenoxy) is 1. The molecule has 0 aliphatic carbocycles. The molecule has 1 amide bonds. The Kier molecular flexibility index (Phi) is 4.25. The van der Waals surface area contributed by atoms with E-state index in [0.29, 0.717) is 23.4 Å². The van der Waals surface area contributed by atoms with Crippen LogP contribution in [0.1, 0.15) is 22.8 Å². The van der Waals surface area contributed by atoms with E-state index in [9.17, 15) is 9.90 Å². The van der Waals surface area contributed by atoms with Crippen LogP contribution in [0.25, 0.3) is 0 Å². The number of amides is 1. The summed E-state index contributed by atoms with van der Waals surface area (Å²) in [5, 5.41) is 12.4. The van der Waals surface area contributed by atoms with E-state index in [0.717, 1.165) is 5.75 Å². The Morgan fingerprint density at radius 1 is 1.20 bits per heavy atom. The minimum absolute atomic E-state index is 0.115. The third-order valence-corrected chi connectivity index (χ3v) is 2.97. The van der Waals surface area contributed by atoms with Crippen molar-refractivity contribution in [2.75, 3.05) is 11.9 Å². The summed E-state index contributed by atoms with van der Waals surface area (Å²) in [6.45, 7) is 4.23. The molecular weight excluding hydrogens is 254 g/mol. The molecule has 4 heteroatoms. The van der Waals surface area contributed by atoms with Crippen LogP contribution in [0.5, 0.6) is 11.5 Å². The van der Waals surface area contributed by atoms with Gasteiger partial charge in [-0.25, -0.2) is 0 Å². The molecule has 0 saturated heterocycles. The van der Waals surface area contributed by atoms with Gasteiger partial charge < -0.3 is 15.2 Å². The molecule has 0 heterocycles. The summed E-state index contributed by atoms with van der Waals surface area (Å²) in [4.78, 5) is 12.1. The second-order valence-electron chi connectivity index (χ2n) is 4.36. The molecule has 2 N–H and O–H groups in total. The number of phenols is 1. The Morgan fingerprint density at radius 3 is 2.55 bits per heavy atom. The van der Waals surface area contributed by atoms with Crippen LogP contribution in [0.3, 0.4) is 0 Å². The van der Waals surface area contributed by atoms with E-state index >= 15 is 0 Å². The predicted octanol–water partition coefficient (Wildman–Crippen LogP) is 3.35. The zero-order chi connectivity index (χ0) is 14.5. The number of carbonyl (C=O) groups excluding carboxylic acids is 1. The average molecular weight is 271 g/mol. The maximum absolute atomic E-state index is 12.1. The van der Waals surface area contributed by atoms with Gasteiger partial charge in [-0.2, -0.15) is 0 Å². The van der Waals surface area contributed by atoms with Crippen molar-refractivity contribution in [1.82, 2.24) is 0 Å². The highest BCUT2D eigenvalue weighted by molar-refractivity contribution is 6.05. The van der Waals surface area contributed by atoms with Crippen LogP contribution < -0.4 is 10.1 Å². The molecule has 0 saturated carbocycles. The average Bonchev–Trinajstić information content (AvgIpc) is 2.44. The van der Waals surface area contributed by atoms with Crippen molar-refractivity contribution in [1.29, 1.82) is 0 Å². The number of hydrogen-bond acceptors (Lipinski definition) is 3. The van der Waals surface area contributed by atoms with E-state index in [1.54, 1.807) is 49.4 Å². The highest BCUT2D eigenvalue weighted by atomic mass is 16.5. The van der Waals surface area contributed by atoms with Gasteiger partial charge in [0.1, 0.15) is 11.5 Å². The summed E-state index contributed by atoms with van der Waals surface area (Å²) in [5.41, 5.74) is 1.70. The van der Waals surface area contributed by atoms with E-state index in [4.69, 9.17) is 4.74 Å². The number of carbonyl (C=O) groups is 1. The molecule has 0 atom stereocenters. The first-order valence-electron chi connectivity index (χ1n) is 6.44. The number of anilines is 1. The Balaban J connectivity index is 2.13. The lowest BCUT2D eigenvalue weighted by molar-refractivity contribution is 0.102. The van der Waals surface area contributed by atoms with Gasteiger partial charge in [-0.3, -0.25) is 4.79 Å². The Hall–Kier alpha value is -2.49. The molecule has 0 unspecified atom stereocenters. The molecule has 0 aromatic heterocycles. The SMILES string of the molecule is CCOc1ccc(NC(=O)c2cccc(O)c2C)cc1. The summed E-state index contributed by atoms with van der Waals surface area (Å²) in [7, 11) is 0. The van der Waals surface area contributed by atoms with Gasteiger partial charge in [-0.15, -0.1) is 0 Å². The highest BCUT2D eigenvalue weighted by Gasteiger charge is 2.11. The maximum Gasteiger partial charge on any atom is 0.256 e. The fourth-order valence-electron chi connectivity index (χ4n) is 1.87. The quantitative estimate of drug-likeness (QED) is 0.896. The molecule has 4 nitrogen and oxygen atoms in total. The monoisotopic (exact) mass is 271 g/mol. The van der Waals surface area contributed by atoms with Gasteiger partial charge >= 0.3 is 0 Å². The number of nitrogens with one attached hydrogen (secondary N) is 1. The summed E-state index contributed by atoms with van der Waals surface area (Å²) in [6.07, 6.45) is 0. The van der Waals surface area contributed by atoms with Crippen molar-refractivity contribution in [3.63, 3.8) is 0 Å². The Bertz CT molecular complexity index is 606. The first kappa shape index (κ1) is 13.9. The lowest BCUT2D eigenvalue weighted by Gasteiger charge is -2.09. The molecule has 2 aromatic carbocycles. The lowest BCUT2D eigenvalue weighted by atomic mass is 10.1. The molecule has 0 fully saturated rings. The Morgan fingerprint density at radius 2 is 1.90 bits per heavy atom. The molecule has 0 spiro atoms. The van der Waals surface area contributed by atoms with Crippen molar-refractivity contribution < 1.29 is 14.6 Å². The second kappa shape index (κ2) is 6.10. The van der Waals surface area contributed by atoms with Crippen molar-refractivity contribution >= 4 is 11.6 Å². The molecule has 0 bridgehead atoms. The van der Waals surface area contributed by atoms with Crippen molar-refractivity contribution in [3.05, 3.63) is 53.6 Å². The second-order valence-corrected chi connectivity index (χ2v) is 4.36. The number of hydrogen-bond donors (Lipinski definition) is 2. The third-order valence-electron chi connectivity index (χ3n) is 2.97. The van der Waals surface area contributed by atoms with Crippen LogP contribution in [0.4, 0.5) is 5.69 Å². The fraction of sp³-hybridized carbons (Fsp3) is 0.188. The summed E-state index contributed by atoms with van der Waals surface area (Å²) < 4.78 is 5.34. The van der Waals surface area contributed by atoms with E-state index in [1.165, 1.54) is 0 Å². The summed E-state index contributed by atoms with van der Waals surface area (Å²) in [5.74, 6) is 0.630. The van der Waals surface area contributed by atoms with Gasteiger partial charge in [-0.1, -0.05) is 6.07 Å². The topological polar surface area (TPSA) is 58.6 Å². The molecule has 2 rings (SSSR count). The van der Waals surface area contributed by atoms with Crippen molar-refractivity contribution in [2.45, 2.75) is 13.8 Å². The zero-order valence-electron chi connectivity index (χ0n) is 11.5. The molecule has 0 radical (unpaired) electrons.